The van der Waals surface area contributed by atoms with E-state index in [2.05, 4.69) is 23.9 Å². The van der Waals surface area contributed by atoms with Crippen LogP contribution >= 0.6 is 11.3 Å². The summed E-state index contributed by atoms with van der Waals surface area (Å²) in [5, 5.41) is 5.72. The summed E-state index contributed by atoms with van der Waals surface area (Å²) in [6.07, 6.45) is 2.96. The summed E-state index contributed by atoms with van der Waals surface area (Å²) < 4.78 is 12.6. The fourth-order valence-electron chi connectivity index (χ4n) is 2.37. The van der Waals surface area contributed by atoms with E-state index in [0.717, 1.165) is 39.1 Å². The average Bonchev–Trinajstić information content (AvgIpc) is 3.09. The molecule has 1 aliphatic rings. The highest BCUT2D eigenvalue weighted by molar-refractivity contribution is 7.16. The molecule has 0 unspecified atom stereocenters. The average molecular weight is 301 g/mol. The zero-order valence-corrected chi connectivity index (χ0v) is 12.7. The lowest BCUT2D eigenvalue weighted by Crippen LogP contribution is -1.94. The second-order valence-corrected chi connectivity index (χ2v) is 6.56. The summed E-state index contributed by atoms with van der Waals surface area (Å²) in [5.41, 5.74) is 1.92. The van der Waals surface area contributed by atoms with E-state index in [0.29, 0.717) is 5.92 Å². The number of aromatic nitrogens is 3. The number of imidazole rings is 1. The van der Waals surface area contributed by atoms with Crippen molar-refractivity contribution < 1.29 is 9.47 Å². The van der Waals surface area contributed by atoms with E-state index in [9.17, 15) is 0 Å². The summed E-state index contributed by atoms with van der Waals surface area (Å²) in [4.78, 5) is 5.59. The van der Waals surface area contributed by atoms with Gasteiger partial charge in [0.25, 0.3) is 0 Å². The monoisotopic (exact) mass is 301 g/mol. The maximum absolute atomic E-state index is 5.41. The van der Waals surface area contributed by atoms with Crippen molar-refractivity contribution in [3.63, 3.8) is 0 Å². The van der Waals surface area contributed by atoms with Gasteiger partial charge >= 0.3 is 0 Å². The molecule has 0 aliphatic carbocycles. The lowest BCUT2D eigenvalue weighted by Gasteiger charge is -1.99. The molecule has 3 heterocycles. The van der Waals surface area contributed by atoms with Gasteiger partial charge in [0.2, 0.25) is 11.8 Å². The van der Waals surface area contributed by atoms with Crippen LogP contribution < -0.4 is 9.47 Å². The maximum atomic E-state index is 5.41. The van der Waals surface area contributed by atoms with Gasteiger partial charge in [-0.3, -0.25) is 0 Å². The summed E-state index contributed by atoms with van der Waals surface area (Å²) in [7, 11) is 0. The van der Waals surface area contributed by atoms with Gasteiger partial charge in [0.1, 0.15) is 5.01 Å². The first-order valence-corrected chi connectivity index (χ1v) is 7.76. The van der Waals surface area contributed by atoms with Gasteiger partial charge in [-0.1, -0.05) is 25.2 Å². The molecule has 2 aromatic heterocycles. The van der Waals surface area contributed by atoms with Gasteiger partial charge in [-0.25, -0.2) is 9.50 Å². The van der Waals surface area contributed by atoms with Gasteiger partial charge in [0.05, 0.1) is 11.9 Å². The minimum atomic E-state index is 0.289. The van der Waals surface area contributed by atoms with Crippen LogP contribution in [0.1, 0.15) is 18.9 Å². The second-order valence-electron chi connectivity index (χ2n) is 5.52. The lowest BCUT2D eigenvalue weighted by molar-refractivity contribution is 0.174. The second kappa shape index (κ2) is 4.73. The number of ether oxygens (including phenoxy) is 2. The van der Waals surface area contributed by atoms with Crippen LogP contribution in [-0.2, 0) is 6.42 Å². The molecule has 0 saturated carbocycles. The van der Waals surface area contributed by atoms with E-state index in [1.165, 1.54) is 0 Å². The Kier molecular flexibility index (Phi) is 2.85. The Morgan fingerprint density at radius 1 is 1.29 bits per heavy atom. The Morgan fingerprint density at radius 3 is 2.95 bits per heavy atom. The number of hydrogen-bond donors (Lipinski definition) is 0. The predicted molar refractivity (Wildman–Crippen MR) is 81.0 cm³/mol. The molecule has 0 amide bonds. The molecule has 0 saturated heterocycles. The van der Waals surface area contributed by atoms with Gasteiger partial charge in [-0.2, -0.15) is 5.10 Å². The fraction of sp³-hybridized carbons (Fsp3) is 0.333. The first-order chi connectivity index (χ1) is 10.2. The molecule has 1 aliphatic heterocycles. The van der Waals surface area contributed by atoms with Crippen molar-refractivity contribution in [3.05, 3.63) is 29.4 Å². The third-order valence-electron chi connectivity index (χ3n) is 3.34. The van der Waals surface area contributed by atoms with E-state index in [4.69, 9.17) is 9.47 Å². The molecule has 0 spiro atoms. The van der Waals surface area contributed by atoms with E-state index in [-0.39, 0.29) is 6.79 Å². The Hall–Kier alpha value is -2.08. The van der Waals surface area contributed by atoms with Crippen molar-refractivity contribution in [2.45, 2.75) is 20.3 Å². The quantitative estimate of drug-likeness (QED) is 0.744. The van der Waals surface area contributed by atoms with E-state index in [1.807, 2.05) is 28.9 Å². The van der Waals surface area contributed by atoms with Crippen molar-refractivity contribution >= 4 is 16.3 Å². The summed E-state index contributed by atoms with van der Waals surface area (Å²) in [6.45, 7) is 4.68. The minimum absolute atomic E-state index is 0.289. The van der Waals surface area contributed by atoms with Gasteiger partial charge in [0, 0.05) is 12.0 Å². The molecule has 21 heavy (non-hydrogen) atoms. The molecule has 108 valence electrons. The van der Waals surface area contributed by atoms with Crippen LogP contribution in [0.3, 0.4) is 0 Å². The van der Waals surface area contributed by atoms with Crippen LogP contribution in [0.25, 0.3) is 16.2 Å². The molecule has 1 aromatic carbocycles. The molecular weight excluding hydrogens is 286 g/mol. The molecule has 0 atom stereocenters. The first kappa shape index (κ1) is 12.6. The fourth-order valence-corrected chi connectivity index (χ4v) is 3.46. The van der Waals surface area contributed by atoms with Gasteiger partial charge < -0.3 is 9.47 Å². The molecule has 5 nitrogen and oxygen atoms in total. The Balaban J connectivity index is 1.69. The van der Waals surface area contributed by atoms with Crippen molar-refractivity contribution in [1.82, 2.24) is 14.6 Å². The van der Waals surface area contributed by atoms with E-state index < -0.39 is 0 Å². The highest BCUT2D eigenvalue weighted by Gasteiger charge is 2.16. The standard InChI is InChI=1S/C15H15N3O2S/c1-9(2)5-14-17-18-7-11(16-15(18)21-14)10-3-4-12-13(6-10)20-8-19-12/h3-4,6-7,9H,5,8H2,1-2H3. The number of rotatable bonds is 3. The van der Waals surface area contributed by atoms with Crippen LogP contribution in [0.5, 0.6) is 11.5 Å². The van der Waals surface area contributed by atoms with E-state index in [1.54, 1.807) is 11.3 Å². The lowest BCUT2D eigenvalue weighted by atomic mass is 10.1. The minimum Gasteiger partial charge on any atom is -0.454 e. The van der Waals surface area contributed by atoms with E-state index >= 15 is 0 Å². The zero-order valence-electron chi connectivity index (χ0n) is 11.9. The zero-order chi connectivity index (χ0) is 14.4. The van der Waals surface area contributed by atoms with Gasteiger partial charge in [0.15, 0.2) is 11.5 Å². The van der Waals surface area contributed by atoms with Crippen LogP contribution in [-0.4, -0.2) is 21.4 Å². The van der Waals surface area contributed by atoms with Crippen LogP contribution in [0.2, 0.25) is 0 Å². The smallest absolute Gasteiger partial charge is 0.231 e. The van der Waals surface area contributed by atoms with Gasteiger partial charge in [-0.05, 0) is 24.1 Å². The molecule has 0 bridgehead atoms. The predicted octanol–water partition coefficient (Wildman–Crippen LogP) is 3.39. The van der Waals surface area contributed by atoms with Gasteiger partial charge in [-0.15, -0.1) is 0 Å². The number of nitrogens with zero attached hydrogens (tertiary/aromatic N) is 3. The highest BCUT2D eigenvalue weighted by atomic mass is 32.1. The first-order valence-electron chi connectivity index (χ1n) is 6.94. The largest absolute Gasteiger partial charge is 0.454 e. The van der Waals surface area contributed by atoms with Crippen molar-refractivity contribution in [3.8, 4) is 22.8 Å². The molecule has 6 heteroatoms. The Bertz CT molecular complexity index is 775. The molecular formula is C15H15N3O2S. The van der Waals surface area contributed by atoms with Crippen LogP contribution in [0.4, 0.5) is 0 Å². The summed E-state index contributed by atoms with van der Waals surface area (Å²) >= 11 is 1.65. The third kappa shape index (κ3) is 2.25. The number of fused-ring (bicyclic) bond motifs is 2. The third-order valence-corrected chi connectivity index (χ3v) is 4.28. The van der Waals surface area contributed by atoms with Crippen LogP contribution in [0, 0.1) is 5.92 Å². The summed E-state index contributed by atoms with van der Waals surface area (Å²) in [6, 6.07) is 5.88. The summed E-state index contributed by atoms with van der Waals surface area (Å²) in [5.74, 6) is 2.17. The topological polar surface area (TPSA) is 48.7 Å². The maximum Gasteiger partial charge on any atom is 0.231 e. The van der Waals surface area contributed by atoms with Crippen molar-refractivity contribution in [2.24, 2.45) is 5.92 Å². The van der Waals surface area contributed by atoms with Crippen molar-refractivity contribution in [2.75, 3.05) is 6.79 Å². The number of benzene rings is 1. The molecule has 0 N–H and O–H groups in total. The van der Waals surface area contributed by atoms with Crippen molar-refractivity contribution in [1.29, 1.82) is 0 Å². The molecule has 3 aromatic rings. The van der Waals surface area contributed by atoms with Crippen LogP contribution in [0.15, 0.2) is 24.4 Å². The molecule has 4 rings (SSSR count). The highest BCUT2D eigenvalue weighted by Crippen LogP contribution is 2.35. The number of hydrogen-bond acceptors (Lipinski definition) is 5. The molecule has 0 radical (unpaired) electrons. The molecule has 0 fully saturated rings. The Labute approximate surface area is 126 Å². The normalized spacial score (nSPS) is 13.5. The Morgan fingerprint density at radius 2 is 2.14 bits per heavy atom. The SMILES string of the molecule is CC(C)Cc1nn2cc(-c3ccc4c(c3)OCO4)nc2s1.